The molecule has 0 spiro atoms. The van der Waals surface area contributed by atoms with Crippen molar-refractivity contribution >= 4 is 16.8 Å². The molecular weight excluding hydrogens is 242 g/mol. The SMILES string of the molecule is C=C[Si](C)(NCCCC)O[Si](C)(C)CCCC. The quantitative estimate of drug-likeness (QED) is 0.476. The van der Waals surface area contributed by atoms with Crippen LogP contribution < -0.4 is 4.98 Å². The van der Waals surface area contributed by atoms with Gasteiger partial charge in [-0.25, -0.2) is 0 Å². The molecule has 0 fully saturated rings. The van der Waals surface area contributed by atoms with Crippen LogP contribution in [0.3, 0.4) is 0 Å². The fraction of sp³-hybridized carbons (Fsp3) is 0.846. The maximum Gasteiger partial charge on any atom is 0.280 e. The topological polar surface area (TPSA) is 21.3 Å². The second-order valence-electron chi connectivity index (χ2n) is 5.56. The van der Waals surface area contributed by atoms with Crippen LogP contribution in [0.5, 0.6) is 0 Å². The third kappa shape index (κ3) is 7.92. The van der Waals surface area contributed by atoms with Crippen LogP contribution in [0.4, 0.5) is 0 Å². The highest BCUT2D eigenvalue weighted by atomic mass is 28.4. The van der Waals surface area contributed by atoms with E-state index >= 15 is 0 Å². The van der Waals surface area contributed by atoms with Crippen molar-refractivity contribution in [1.82, 2.24) is 4.98 Å². The Morgan fingerprint density at radius 1 is 1.12 bits per heavy atom. The van der Waals surface area contributed by atoms with Gasteiger partial charge in [0.05, 0.1) is 0 Å². The third-order valence-electron chi connectivity index (χ3n) is 3.02. The Morgan fingerprint density at radius 2 is 1.71 bits per heavy atom. The average molecular weight is 274 g/mol. The monoisotopic (exact) mass is 273 g/mol. The predicted octanol–water partition coefficient (Wildman–Crippen LogP) is 4.20. The fourth-order valence-corrected chi connectivity index (χ4v) is 9.54. The van der Waals surface area contributed by atoms with E-state index in [1.165, 1.54) is 31.7 Å². The van der Waals surface area contributed by atoms with E-state index in [-0.39, 0.29) is 0 Å². The molecule has 1 atom stereocenters. The summed E-state index contributed by atoms with van der Waals surface area (Å²) >= 11 is 0. The van der Waals surface area contributed by atoms with Crippen molar-refractivity contribution in [1.29, 1.82) is 0 Å². The lowest BCUT2D eigenvalue weighted by atomic mass is 10.3. The highest BCUT2D eigenvalue weighted by molar-refractivity contribution is 6.86. The highest BCUT2D eigenvalue weighted by Gasteiger charge is 2.34. The number of unbranched alkanes of at least 4 members (excludes halogenated alkanes) is 2. The van der Waals surface area contributed by atoms with E-state index < -0.39 is 16.8 Å². The third-order valence-corrected chi connectivity index (χ3v) is 10.2. The summed E-state index contributed by atoms with van der Waals surface area (Å²) in [7, 11) is -3.38. The Morgan fingerprint density at radius 3 is 2.18 bits per heavy atom. The van der Waals surface area contributed by atoms with Gasteiger partial charge in [0.1, 0.15) is 0 Å². The summed E-state index contributed by atoms with van der Waals surface area (Å²) in [5.74, 6) is 0. The molecule has 1 unspecified atom stereocenters. The minimum atomic E-state index is -1.87. The number of hydrogen-bond acceptors (Lipinski definition) is 2. The molecule has 0 aromatic carbocycles. The molecule has 102 valence electrons. The molecule has 0 rings (SSSR count). The Kier molecular flexibility index (Phi) is 8.29. The normalized spacial score (nSPS) is 15.6. The van der Waals surface area contributed by atoms with E-state index in [0.29, 0.717) is 0 Å². The van der Waals surface area contributed by atoms with Crippen molar-refractivity contribution in [3.8, 4) is 0 Å². The summed E-state index contributed by atoms with van der Waals surface area (Å²) in [5.41, 5.74) is 2.04. The predicted molar refractivity (Wildman–Crippen MR) is 83.0 cm³/mol. The van der Waals surface area contributed by atoms with Gasteiger partial charge in [0, 0.05) is 0 Å². The molecule has 0 aliphatic carbocycles. The van der Waals surface area contributed by atoms with Crippen LogP contribution in [0.15, 0.2) is 12.3 Å². The lowest BCUT2D eigenvalue weighted by Crippen LogP contribution is -2.55. The van der Waals surface area contributed by atoms with E-state index in [0.717, 1.165) is 6.54 Å². The molecular formula is C13H31NOSi2. The van der Waals surface area contributed by atoms with Gasteiger partial charge in [-0.2, -0.15) is 0 Å². The van der Waals surface area contributed by atoms with Crippen LogP contribution in [0.25, 0.3) is 0 Å². The van der Waals surface area contributed by atoms with Gasteiger partial charge in [0.25, 0.3) is 8.48 Å². The summed E-state index contributed by atoms with van der Waals surface area (Å²) < 4.78 is 6.47. The van der Waals surface area contributed by atoms with Gasteiger partial charge in [0.2, 0.25) is 0 Å². The second-order valence-corrected chi connectivity index (χ2v) is 13.4. The highest BCUT2D eigenvalue weighted by Crippen LogP contribution is 2.20. The van der Waals surface area contributed by atoms with Crippen LogP contribution >= 0.6 is 0 Å². The number of rotatable bonds is 10. The molecule has 0 aromatic heterocycles. The van der Waals surface area contributed by atoms with E-state index in [2.05, 4.69) is 45.0 Å². The fourth-order valence-electron chi connectivity index (χ4n) is 1.89. The van der Waals surface area contributed by atoms with Gasteiger partial charge in [-0.15, -0.1) is 6.58 Å². The van der Waals surface area contributed by atoms with E-state index in [1.54, 1.807) is 0 Å². The summed E-state index contributed by atoms with van der Waals surface area (Å²) in [6.07, 6.45) is 4.99. The minimum absolute atomic E-state index is 1.06. The first-order valence-electron chi connectivity index (χ1n) is 6.98. The van der Waals surface area contributed by atoms with E-state index in [9.17, 15) is 0 Å². The zero-order chi connectivity index (χ0) is 13.4. The van der Waals surface area contributed by atoms with Crippen molar-refractivity contribution in [3.63, 3.8) is 0 Å². The van der Waals surface area contributed by atoms with Crippen molar-refractivity contribution in [2.24, 2.45) is 0 Å². The summed E-state index contributed by atoms with van der Waals surface area (Å²) in [5, 5.41) is 0. The average Bonchev–Trinajstić information content (AvgIpc) is 2.26. The van der Waals surface area contributed by atoms with Crippen molar-refractivity contribution in [2.75, 3.05) is 6.54 Å². The molecule has 17 heavy (non-hydrogen) atoms. The second kappa shape index (κ2) is 8.24. The molecule has 4 heteroatoms. The standard InChI is InChI=1S/C13H31NOSi2/c1-7-10-12-14-17(6,9-3)15-16(4,5)13-11-8-2/h9,14H,3,7-8,10-13H2,1-2,4-6H3. The van der Waals surface area contributed by atoms with Gasteiger partial charge in [-0.3, -0.25) is 0 Å². The van der Waals surface area contributed by atoms with Crippen LogP contribution in [0.1, 0.15) is 39.5 Å². The van der Waals surface area contributed by atoms with Gasteiger partial charge in [-0.1, -0.05) is 38.8 Å². The van der Waals surface area contributed by atoms with E-state index in [4.69, 9.17) is 4.12 Å². The van der Waals surface area contributed by atoms with Crippen LogP contribution in [-0.2, 0) is 4.12 Å². The first-order valence-corrected chi connectivity index (χ1v) is 12.6. The Labute approximate surface area is 110 Å². The first kappa shape index (κ1) is 17.1. The van der Waals surface area contributed by atoms with Gasteiger partial charge >= 0.3 is 0 Å². The van der Waals surface area contributed by atoms with Crippen LogP contribution in [0.2, 0.25) is 25.7 Å². The Balaban J connectivity index is 4.28. The van der Waals surface area contributed by atoms with Crippen molar-refractivity contribution in [2.45, 2.75) is 65.2 Å². The molecule has 0 aliphatic rings. The van der Waals surface area contributed by atoms with E-state index in [1.807, 2.05) is 5.70 Å². The smallest absolute Gasteiger partial charge is 0.280 e. The maximum absolute atomic E-state index is 6.47. The molecule has 0 aromatic rings. The van der Waals surface area contributed by atoms with Crippen LogP contribution in [0, 0.1) is 0 Å². The molecule has 0 saturated heterocycles. The van der Waals surface area contributed by atoms with Crippen molar-refractivity contribution < 1.29 is 4.12 Å². The lowest BCUT2D eigenvalue weighted by molar-refractivity contribution is 0.516. The molecule has 0 saturated carbocycles. The van der Waals surface area contributed by atoms with Gasteiger partial charge in [-0.05, 0) is 38.7 Å². The molecule has 2 nitrogen and oxygen atoms in total. The maximum atomic E-state index is 6.47. The molecule has 1 N–H and O–H groups in total. The zero-order valence-electron chi connectivity index (χ0n) is 12.4. The summed E-state index contributed by atoms with van der Waals surface area (Å²) in [4.78, 5) is 3.61. The molecule has 0 amide bonds. The molecule has 0 bridgehead atoms. The Bertz CT molecular complexity index is 221. The molecule has 0 heterocycles. The summed E-state index contributed by atoms with van der Waals surface area (Å²) in [6, 6.07) is 1.26. The minimum Gasteiger partial charge on any atom is -0.442 e. The van der Waals surface area contributed by atoms with Gasteiger partial charge in [0.15, 0.2) is 8.32 Å². The van der Waals surface area contributed by atoms with Crippen LogP contribution in [-0.4, -0.2) is 23.3 Å². The first-order chi connectivity index (χ1) is 7.89. The Hall–Kier alpha value is 0.0938. The van der Waals surface area contributed by atoms with Crippen molar-refractivity contribution in [3.05, 3.63) is 12.3 Å². The zero-order valence-corrected chi connectivity index (χ0v) is 14.4. The number of nitrogens with one attached hydrogen (secondary N) is 1. The number of hydrogen-bond donors (Lipinski definition) is 1. The molecule has 0 aliphatic heterocycles. The largest absolute Gasteiger partial charge is 0.442 e. The summed E-state index contributed by atoms with van der Waals surface area (Å²) in [6.45, 7) is 16.4. The van der Waals surface area contributed by atoms with Gasteiger partial charge < -0.3 is 9.10 Å². The molecule has 0 radical (unpaired) electrons. The lowest BCUT2D eigenvalue weighted by Gasteiger charge is -2.34.